The lowest BCUT2D eigenvalue weighted by atomic mass is 10.1. The molecule has 0 amide bonds. The molecule has 0 radical (unpaired) electrons. The largest absolute Gasteiger partial charge is 0.301 e. The summed E-state index contributed by atoms with van der Waals surface area (Å²) in [4.78, 5) is 3.99. The number of anilines is 1. The minimum absolute atomic E-state index is 0.144. The van der Waals surface area contributed by atoms with Crippen LogP contribution in [0, 0.1) is 11.3 Å². The van der Waals surface area contributed by atoms with Crippen molar-refractivity contribution >= 4 is 26.7 Å². The fourth-order valence-electron chi connectivity index (χ4n) is 2.40. The Hall–Kier alpha value is -2.17. The second kappa shape index (κ2) is 4.44. The summed E-state index contributed by atoms with van der Waals surface area (Å²) in [6.45, 7) is 2.23. The van der Waals surface area contributed by atoms with Crippen LogP contribution in [0.4, 0.5) is 5.69 Å². The van der Waals surface area contributed by atoms with Gasteiger partial charge in [-0.25, -0.2) is 4.98 Å². The second-order valence-electron chi connectivity index (χ2n) is 4.68. The lowest BCUT2D eigenvalue weighted by Crippen LogP contribution is -2.33. The van der Waals surface area contributed by atoms with Gasteiger partial charge in [0.25, 0.3) is 0 Å². The van der Waals surface area contributed by atoms with Gasteiger partial charge in [0.05, 0.1) is 11.7 Å². The van der Waals surface area contributed by atoms with Crippen LogP contribution in [0.25, 0.3) is 10.8 Å². The van der Waals surface area contributed by atoms with Crippen LogP contribution in [0.2, 0.25) is 0 Å². The Labute approximate surface area is 116 Å². The van der Waals surface area contributed by atoms with E-state index in [1.807, 2.05) is 13.0 Å². The maximum atomic E-state index is 12.0. The minimum Gasteiger partial charge on any atom is -0.254 e. The van der Waals surface area contributed by atoms with Crippen molar-refractivity contribution in [1.29, 1.82) is 5.26 Å². The van der Waals surface area contributed by atoms with Gasteiger partial charge in [-0.3, -0.25) is 4.31 Å². The molecule has 2 aromatic rings. The smallest absolute Gasteiger partial charge is 0.254 e. The lowest BCUT2D eigenvalue weighted by Gasteiger charge is -2.21. The Morgan fingerprint density at radius 1 is 1.45 bits per heavy atom. The van der Waals surface area contributed by atoms with Gasteiger partial charge >= 0.3 is 10.2 Å². The van der Waals surface area contributed by atoms with Gasteiger partial charge in [0.15, 0.2) is 0 Å². The van der Waals surface area contributed by atoms with Crippen LogP contribution in [0.1, 0.15) is 12.6 Å². The standard InChI is InChI=1S/C13H12N4O2S/c1-9-8-16-20(18,19)17(9)11-2-3-12-10(6-11)4-5-15-13(12)7-14/h2-6,9,16H,8H2,1H3/t9-/m1/s1. The van der Waals surface area contributed by atoms with Crippen molar-refractivity contribution in [2.24, 2.45) is 0 Å². The first-order valence-electron chi connectivity index (χ1n) is 6.11. The summed E-state index contributed by atoms with van der Waals surface area (Å²) in [5, 5.41) is 10.5. The molecule has 1 aromatic carbocycles. The van der Waals surface area contributed by atoms with Gasteiger partial charge < -0.3 is 0 Å². The third-order valence-electron chi connectivity index (χ3n) is 3.33. The Bertz CT molecular complexity index is 826. The molecule has 1 aliphatic rings. The zero-order valence-corrected chi connectivity index (χ0v) is 11.6. The maximum absolute atomic E-state index is 12.0. The van der Waals surface area contributed by atoms with Crippen LogP contribution in [0.3, 0.4) is 0 Å². The van der Waals surface area contributed by atoms with Gasteiger partial charge in [0.1, 0.15) is 11.8 Å². The second-order valence-corrected chi connectivity index (χ2v) is 6.31. The van der Waals surface area contributed by atoms with Crippen molar-refractivity contribution in [2.75, 3.05) is 10.8 Å². The normalized spacial score (nSPS) is 21.0. The Balaban J connectivity index is 2.18. The van der Waals surface area contributed by atoms with Crippen molar-refractivity contribution in [3.63, 3.8) is 0 Å². The van der Waals surface area contributed by atoms with Crippen LogP contribution >= 0.6 is 0 Å². The Morgan fingerprint density at radius 2 is 2.25 bits per heavy atom. The quantitative estimate of drug-likeness (QED) is 0.853. The molecule has 0 aliphatic carbocycles. The number of benzene rings is 1. The summed E-state index contributed by atoms with van der Waals surface area (Å²) in [6, 6.07) is 8.85. The van der Waals surface area contributed by atoms with E-state index in [-0.39, 0.29) is 6.04 Å². The number of pyridine rings is 1. The van der Waals surface area contributed by atoms with E-state index < -0.39 is 10.2 Å². The number of fused-ring (bicyclic) bond motifs is 1. The molecule has 102 valence electrons. The molecule has 0 spiro atoms. The molecular formula is C13H12N4O2S. The van der Waals surface area contributed by atoms with E-state index in [4.69, 9.17) is 5.26 Å². The van der Waals surface area contributed by atoms with E-state index in [0.29, 0.717) is 17.9 Å². The molecule has 1 fully saturated rings. The van der Waals surface area contributed by atoms with Crippen molar-refractivity contribution in [1.82, 2.24) is 9.71 Å². The summed E-state index contributed by atoms with van der Waals surface area (Å²) >= 11 is 0. The van der Waals surface area contributed by atoms with E-state index in [0.717, 1.165) is 10.8 Å². The molecule has 6 nitrogen and oxygen atoms in total. The van der Waals surface area contributed by atoms with E-state index in [1.165, 1.54) is 4.31 Å². The first kappa shape index (κ1) is 12.8. The molecule has 1 aliphatic heterocycles. The molecule has 1 atom stereocenters. The molecule has 7 heteroatoms. The lowest BCUT2D eigenvalue weighted by molar-refractivity contribution is 0.591. The Morgan fingerprint density at radius 3 is 2.90 bits per heavy atom. The number of rotatable bonds is 1. The molecule has 2 heterocycles. The first-order valence-corrected chi connectivity index (χ1v) is 7.55. The molecule has 20 heavy (non-hydrogen) atoms. The van der Waals surface area contributed by atoms with Crippen LogP contribution in [0.15, 0.2) is 30.5 Å². The third-order valence-corrected chi connectivity index (χ3v) is 4.95. The van der Waals surface area contributed by atoms with Gasteiger partial charge in [-0.15, -0.1) is 0 Å². The molecule has 1 N–H and O–H groups in total. The average Bonchev–Trinajstić information content (AvgIpc) is 2.71. The third kappa shape index (κ3) is 1.90. The number of nitrogens with zero attached hydrogens (tertiary/aromatic N) is 3. The van der Waals surface area contributed by atoms with Gasteiger partial charge in [-0.1, -0.05) is 0 Å². The summed E-state index contributed by atoms with van der Waals surface area (Å²) in [5.41, 5.74) is 0.926. The summed E-state index contributed by atoms with van der Waals surface area (Å²) in [7, 11) is -3.47. The van der Waals surface area contributed by atoms with Crippen molar-refractivity contribution < 1.29 is 8.42 Å². The van der Waals surface area contributed by atoms with E-state index in [1.54, 1.807) is 30.5 Å². The van der Waals surface area contributed by atoms with Crippen LogP contribution in [0.5, 0.6) is 0 Å². The highest BCUT2D eigenvalue weighted by Gasteiger charge is 2.34. The van der Waals surface area contributed by atoms with Gasteiger partial charge in [0, 0.05) is 18.1 Å². The molecule has 0 unspecified atom stereocenters. The fourth-order valence-corrected chi connectivity index (χ4v) is 3.93. The van der Waals surface area contributed by atoms with Crippen molar-refractivity contribution in [3.8, 4) is 6.07 Å². The number of nitriles is 1. The Kier molecular flexibility index (Phi) is 2.85. The molecule has 1 saturated heterocycles. The number of aromatic nitrogens is 1. The van der Waals surface area contributed by atoms with Crippen LogP contribution in [-0.4, -0.2) is 26.0 Å². The molecule has 3 rings (SSSR count). The average molecular weight is 288 g/mol. The van der Waals surface area contributed by atoms with Gasteiger partial charge in [-0.2, -0.15) is 18.4 Å². The monoisotopic (exact) mass is 288 g/mol. The molecule has 0 saturated carbocycles. The number of hydrogen-bond acceptors (Lipinski definition) is 4. The van der Waals surface area contributed by atoms with Crippen molar-refractivity contribution in [2.45, 2.75) is 13.0 Å². The SMILES string of the molecule is C[C@@H]1CNS(=O)(=O)N1c1ccc2c(C#N)nccc2c1. The summed E-state index contributed by atoms with van der Waals surface area (Å²) < 4.78 is 27.8. The predicted octanol–water partition coefficient (Wildman–Crippen LogP) is 1.15. The predicted molar refractivity (Wildman–Crippen MR) is 75.3 cm³/mol. The number of nitrogens with one attached hydrogen (secondary N) is 1. The zero-order valence-electron chi connectivity index (χ0n) is 10.7. The van der Waals surface area contributed by atoms with Crippen molar-refractivity contribution in [3.05, 3.63) is 36.2 Å². The van der Waals surface area contributed by atoms with Crippen LogP contribution < -0.4 is 9.03 Å². The first-order chi connectivity index (χ1) is 9.53. The topological polar surface area (TPSA) is 86.1 Å². The molecule has 1 aromatic heterocycles. The van der Waals surface area contributed by atoms with E-state index >= 15 is 0 Å². The highest BCUT2D eigenvalue weighted by molar-refractivity contribution is 7.91. The van der Waals surface area contributed by atoms with Gasteiger partial charge in [-0.05, 0) is 36.6 Å². The highest BCUT2D eigenvalue weighted by atomic mass is 32.2. The van der Waals surface area contributed by atoms with E-state index in [2.05, 4.69) is 9.71 Å². The summed E-state index contributed by atoms with van der Waals surface area (Å²) in [6.07, 6.45) is 1.55. The van der Waals surface area contributed by atoms with E-state index in [9.17, 15) is 8.42 Å². The highest BCUT2D eigenvalue weighted by Crippen LogP contribution is 2.28. The molecular weight excluding hydrogens is 276 g/mol. The number of hydrogen-bond donors (Lipinski definition) is 1. The minimum atomic E-state index is -3.47. The fraction of sp³-hybridized carbons (Fsp3) is 0.231. The van der Waals surface area contributed by atoms with Crippen LogP contribution in [-0.2, 0) is 10.2 Å². The molecule has 0 bridgehead atoms. The maximum Gasteiger partial charge on any atom is 0.301 e. The summed E-state index contributed by atoms with van der Waals surface area (Å²) in [5.74, 6) is 0. The zero-order chi connectivity index (χ0) is 14.3. The van der Waals surface area contributed by atoms with Gasteiger partial charge in [0.2, 0.25) is 0 Å².